The van der Waals surface area contributed by atoms with Crippen LogP contribution in [0.15, 0.2) is 4.79 Å². The highest BCUT2D eigenvalue weighted by atomic mass is 19.2. The lowest BCUT2D eigenvalue weighted by molar-refractivity contribution is 0.111. The molecule has 1 N–H and O–H groups in total. The van der Waals surface area contributed by atoms with E-state index in [2.05, 4.69) is 4.98 Å². The van der Waals surface area contributed by atoms with E-state index in [0.29, 0.717) is 0 Å². The smallest absolute Gasteiger partial charge is 0.269 e. The number of nitrogens with one attached hydrogen (secondary N) is 1. The number of aromatic nitrogens is 2. The van der Waals surface area contributed by atoms with Gasteiger partial charge in [-0.1, -0.05) is 0 Å². The van der Waals surface area contributed by atoms with E-state index in [1.807, 2.05) is 4.98 Å². The molecule has 2 aromatic rings. The Morgan fingerprint density at radius 3 is 2.41 bits per heavy atom. The number of rotatable bonds is 1. The maximum Gasteiger partial charge on any atom is 0.269 e. The fourth-order valence-corrected chi connectivity index (χ4v) is 1.41. The Bertz CT molecular complexity index is 694. The van der Waals surface area contributed by atoms with Crippen LogP contribution in [0, 0.1) is 24.4 Å². The molecule has 4 nitrogen and oxygen atoms in total. The molecule has 88 valence electrons. The molecule has 7 heteroatoms. The molecule has 0 saturated heterocycles. The van der Waals surface area contributed by atoms with Gasteiger partial charge in [0.15, 0.2) is 23.7 Å². The first-order valence-corrected chi connectivity index (χ1v) is 4.49. The van der Waals surface area contributed by atoms with Crippen LogP contribution in [0.4, 0.5) is 13.2 Å². The molecule has 0 atom stereocenters. The SMILES string of the molecule is Cc1nc2c(F)c(F)c(C=O)c(F)c2[nH]c1=O. The lowest BCUT2D eigenvalue weighted by Crippen LogP contribution is -2.15. The molecule has 1 aromatic heterocycles. The largest absolute Gasteiger partial charge is 0.317 e. The Kier molecular flexibility index (Phi) is 2.45. The molecule has 0 saturated carbocycles. The van der Waals surface area contributed by atoms with Crippen LogP contribution in [0.2, 0.25) is 0 Å². The summed E-state index contributed by atoms with van der Waals surface area (Å²) in [5.74, 6) is -4.43. The third-order valence-electron chi connectivity index (χ3n) is 2.29. The first kappa shape index (κ1) is 11.3. The number of H-pyrrole nitrogens is 1. The van der Waals surface area contributed by atoms with E-state index in [-0.39, 0.29) is 12.0 Å². The first-order chi connectivity index (χ1) is 7.97. The van der Waals surface area contributed by atoms with Crippen molar-refractivity contribution in [2.45, 2.75) is 6.92 Å². The number of nitrogens with zero attached hydrogens (tertiary/aromatic N) is 1. The van der Waals surface area contributed by atoms with Crippen LogP contribution in [-0.2, 0) is 0 Å². The van der Waals surface area contributed by atoms with Crippen molar-refractivity contribution < 1.29 is 18.0 Å². The number of fused-ring (bicyclic) bond motifs is 1. The lowest BCUT2D eigenvalue weighted by Gasteiger charge is -2.05. The molecule has 17 heavy (non-hydrogen) atoms. The molecule has 0 aliphatic heterocycles. The number of halogens is 3. The molecule has 1 aromatic carbocycles. The second-order valence-electron chi connectivity index (χ2n) is 3.35. The van der Waals surface area contributed by atoms with Gasteiger partial charge in [0.25, 0.3) is 5.56 Å². The first-order valence-electron chi connectivity index (χ1n) is 4.49. The number of aldehydes is 1. The van der Waals surface area contributed by atoms with Crippen molar-refractivity contribution in [3.63, 3.8) is 0 Å². The number of carbonyl (C=O) groups excluding carboxylic acids is 1. The van der Waals surface area contributed by atoms with Crippen molar-refractivity contribution in [3.05, 3.63) is 39.1 Å². The minimum Gasteiger partial charge on any atom is -0.317 e. The predicted molar refractivity (Wildman–Crippen MR) is 52.4 cm³/mol. The van der Waals surface area contributed by atoms with Gasteiger partial charge in [-0.2, -0.15) is 0 Å². The Hall–Kier alpha value is -2.18. The van der Waals surface area contributed by atoms with E-state index in [4.69, 9.17) is 0 Å². The fraction of sp³-hybridized carbons (Fsp3) is 0.100. The van der Waals surface area contributed by atoms with E-state index < -0.39 is 39.6 Å². The zero-order chi connectivity index (χ0) is 12.7. The van der Waals surface area contributed by atoms with E-state index >= 15 is 0 Å². The van der Waals surface area contributed by atoms with Gasteiger partial charge >= 0.3 is 0 Å². The van der Waals surface area contributed by atoms with Crippen LogP contribution in [0.5, 0.6) is 0 Å². The van der Waals surface area contributed by atoms with E-state index in [0.717, 1.165) is 0 Å². The standard InChI is InChI=1S/C10H5F3N2O2/c1-3-10(17)15-8-6(12)4(2-16)5(11)7(13)9(8)14-3/h2H,1H3,(H,15,17). The molecule has 0 radical (unpaired) electrons. The monoisotopic (exact) mass is 242 g/mol. The normalized spacial score (nSPS) is 10.8. The molecule has 0 aliphatic carbocycles. The van der Waals surface area contributed by atoms with E-state index in [9.17, 15) is 22.8 Å². The summed E-state index contributed by atoms with van der Waals surface area (Å²) < 4.78 is 40.3. The molecule has 0 aliphatic rings. The molecule has 1 heterocycles. The molecule has 0 unspecified atom stereocenters. The van der Waals surface area contributed by atoms with Gasteiger partial charge in [-0.25, -0.2) is 18.2 Å². The van der Waals surface area contributed by atoms with Crippen molar-refractivity contribution >= 4 is 17.3 Å². The minimum atomic E-state index is -1.62. The van der Waals surface area contributed by atoms with Crippen molar-refractivity contribution in [1.29, 1.82) is 0 Å². The number of aromatic amines is 1. The van der Waals surface area contributed by atoms with Crippen molar-refractivity contribution in [3.8, 4) is 0 Å². The summed E-state index contributed by atoms with van der Waals surface area (Å²) in [7, 11) is 0. The quantitative estimate of drug-likeness (QED) is 0.608. The van der Waals surface area contributed by atoms with E-state index in [1.165, 1.54) is 6.92 Å². The summed E-state index contributed by atoms with van der Waals surface area (Å²) in [4.78, 5) is 27.1. The highest BCUT2D eigenvalue weighted by molar-refractivity contribution is 5.86. The van der Waals surface area contributed by atoms with Crippen LogP contribution < -0.4 is 5.56 Å². The van der Waals surface area contributed by atoms with Gasteiger partial charge in [0, 0.05) is 0 Å². The zero-order valence-corrected chi connectivity index (χ0v) is 8.47. The third-order valence-corrected chi connectivity index (χ3v) is 2.29. The Balaban J connectivity index is 3.09. The molecule has 0 spiro atoms. The van der Waals surface area contributed by atoms with Gasteiger partial charge in [0.05, 0.1) is 5.56 Å². The molecular formula is C10H5F3N2O2. The second-order valence-corrected chi connectivity index (χ2v) is 3.35. The van der Waals surface area contributed by atoms with Crippen molar-refractivity contribution in [2.24, 2.45) is 0 Å². The van der Waals surface area contributed by atoms with Crippen LogP contribution in [0.3, 0.4) is 0 Å². The summed E-state index contributed by atoms with van der Waals surface area (Å²) in [6, 6.07) is 0. The number of benzene rings is 1. The molecule has 0 fully saturated rings. The summed E-state index contributed by atoms with van der Waals surface area (Å²) in [5, 5.41) is 0. The maximum atomic E-state index is 13.6. The van der Waals surface area contributed by atoms with Crippen LogP contribution in [0.25, 0.3) is 11.0 Å². The van der Waals surface area contributed by atoms with Gasteiger partial charge in [0.1, 0.15) is 16.7 Å². The third kappa shape index (κ3) is 1.50. The second kappa shape index (κ2) is 3.69. The van der Waals surface area contributed by atoms with Gasteiger partial charge in [-0.3, -0.25) is 9.59 Å². The topological polar surface area (TPSA) is 62.8 Å². The zero-order valence-electron chi connectivity index (χ0n) is 8.47. The predicted octanol–water partition coefficient (Wildman–Crippen LogP) is 1.46. The summed E-state index contributed by atoms with van der Waals surface area (Å²) in [5.41, 5.74) is -3.21. The Labute approximate surface area is 92.1 Å². The van der Waals surface area contributed by atoms with Gasteiger partial charge < -0.3 is 4.98 Å². The van der Waals surface area contributed by atoms with Gasteiger partial charge in [-0.05, 0) is 6.92 Å². The molecule has 0 bridgehead atoms. The number of hydrogen-bond donors (Lipinski definition) is 1. The van der Waals surface area contributed by atoms with Crippen LogP contribution >= 0.6 is 0 Å². The Morgan fingerprint density at radius 1 is 1.18 bits per heavy atom. The maximum absolute atomic E-state index is 13.6. The molecule has 0 amide bonds. The van der Waals surface area contributed by atoms with Gasteiger partial charge in [-0.15, -0.1) is 0 Å². The summed E-state index contributed by atoms with van der Waals surface area (Å²) in [6.07, 6.45) is -0.161. The Morgan fingerprint density at radius 2 is 1.82 bits per heavy atom. The highest BCUT2D eigenvalue weighted by Gasteiger charge is 2.21. The van der Waals surface area contributed by atoms with E-state index in [1.54, 1.807) is 0 Å². The number of carbonyl (C=O) groups is 1. The van der Waals surface area contributed by atoms with Crippen LogP contribution in [0.1, 0.15) is 16.1 Å². The lowest BCUT2D eigenvalue weighted by atomic mass is 10.1. The average Bonchev–Trinajstić information content (AvgIpc) is 2.30. The molecular weight excluding hydrogens is 237 g/mol. The minimum absolute atomic E-state index is 0.131. The average molecular weight is 242 g/mol. The molecule has 2 rings (SSSR count). The van der Waals surface area contributed by atoms with Crippen molar-refractivity contribution in [1.82, 2.24) is 9.97 Å². The highest BCUT2D eigenvalue weighted by Crippen LogP contribution is 2.23. The number of aryl methyl sites for hydroxylation is 1. The van der Waals surface area contributed by atoms with Crippen molar-refractivity contribution in [2.75, 3.05) is 0 Å². The fourth-order valence-electron chi connectivity index (χ4n) is 1.41. The van der Waals surface area contributed by atoms with Gasteiger partial charge in [0.2, 0.25) is 0 Å². The summed E-state index contributed by atoms with van der Waals surface area (Å²) in [6.45, 7) is 1.27. The van der Waals surface area contributed by atoms with Crippen LogP contribution in [-0.4, -0.2) is 16.3 Å². The summed E-state index contributed by atoms with van der Waals surface area (Å²) >= 11 is 0. The number of hydrogen-bond acceptors (Lipinski definition) is 3.